The number of imide groups is 1. The Morgan fingerprint density at radius 2 is 1.89 bits per heavy atom. The van der Waals surface area contributed by atoms with E-state index in [0.717, 1.165) is 22.3 Å². The third-order valence-electron chi connectivity index (χ3n) is 5.56. The van der Waals surface area contributed by atoms with Gasteiger partial charge in [0.05, 0.1) is 11.7 Å². The van der Waals surface area contributed by atoms with E-state index in [4.69, 9.17) is 0 Å². The Labute approximate surface area is 210 Å². The Bertz CT molecular complexity index is 1420. The number of rotatable bonds is 7. The van der Waals surface area contributed by atoms with Gasteiger partial charge in [0, 0.05) is 11.8 Å². The molecule has 2 aromatic carbocycles. The average Bonchev–Trinajstić information content (AvgIpc) is 3.52. The fourth-order valence-electron chi connectivity index (χ4n) is 3.91. The molecule has 2 atom stereocenters. The molecular weight excluding hydrogens is 514 g/mol. The second-order valence-electron chi connectivity index (χ2n) is 7.98. The highest BCUT2D eigenvalue weighted by atomic mass is 32.1. The van der Waals surface area contributed by atoms with Crippen LogP contribution in [0.25, 0.3) is 0 Å². The van der Waals surface area contributed by atoms with Gasteiger partial charge in [-0.2, -0.15) is 0 Å². The minimum Gasteiger partial charge on any atom is -0.543 e. The van der Waals surface area contributed by atoms with Gasteiger partial charge in [-0.3, -0.25) is 9.59 Å². The summed E-state index contributed by atoms with van der Waals surface area (Å²) >= 11 is 0.828. The summed E-state index contributed by atoms with van der Waals surface area (Å²) in [5.74, 6) is -3.67. The number of amides is 4. The lowest BCUT2D eigenvalue weighted by atomic mass is 10.0. The first-order valence-electron chi connectivity index (χ1n) is 10.7. The van der Waals surface area contributed by atoms with Crippen molar-refractivity contribution in [2.24, 2.45) is 0 Å². The van der Waals surface area contributed by atoms with E-state index in [9.17, 15) is 33.1 Å². The van der Waals surface area contributed by atoms with Crippen molar-refractivity contribution in [1.82, 2.24) is 15.2 Å². The second-order valence-corrected chi connectivity index (χ2v) is 8.84. The number of carboxylic acid groups (broad SMARTS) is 1. The van der Waals surface area contributed by atoms with Crippen LogP contribution in [0.4, 0.5) is 18.7 Å². The number of halogens is 2. The number of nitrogens with zero attached hydrogens (tertiary/aromatic N) is 2. The zero-order valence-corrected chi connectivity index (χ0v) is 19.3. The van der Waals surface area contributed by atoms with Crippen molar-refractivity contribution in [1.29, 1.82) is 0 Å². The number of aromatic carboxylic acids is 1. The molecule has 1 fully saturated rings. The van der Waals surface area contributed by atoms with Crippen LogP contribution in [0.2, 0.25) is 0 Å². The monoisotopic (exact) mass is 529 g/mol. The number of carboxylic acids is 1. The summed E-state index contributed by atoms with van der Waals surface area (Å²) in [6.45, 7) is 0. The van der Waals surface area contributed by atoms with E-state index < -0.39 is 42.2 Å². The van der Waals surface area contributed by atoms with Crippen LogP contribution in [0.1, 0.15) is 27.7 Å². The van der Waals surface area contributed by atoms with Crippen molar-refractivity contribution in [2.75, 3.05) is 5.32 Å². The number of carbonyl (C=O) groups excluding carboxylic acids is 4. The number of aromatic nitrogens is 1. The number of alkyl halides is 2. The second kappa shape index (κ2) is 9.13. The van der Waals surface area contributed by atoms with Crippen LogP contribution >= 0.6 is 11.3 Å². The highest BCUT2D eigenvalue weighted by molar-refractivity contribution is 7.14. The first kappa shape index (κ1) is 24.1. The first-order valence-corrected chi connectivity index (χ1v) is 11.5. The van der Waals surface area contributed by atoms with Gasteiger partial charge in [-0.1, -0.05) is 36.4 Å². The molecule has 1 saturated heterocycles. The quantitative estimate of drug-likeness (QED) is 0.439. The first-order chi connectivity index (χ1) is 17.6. The van der Waals surface area contributed by atoms with Gasteiger partial charge in [0.15, 0.2) is 16.6 Å². The predicted octanol–water partition coefficient (Wildman–Crippen LogP) is 1.67. The summed E-state index contributed by atoms with van der Waals surface area (Å²) in [6, 6.07) is 8.70. The normalized spacial score (nSPS) is 18.4. The Balaban J connectivity index is 1.42. The molecule has 3 aromatic rings. The maximum Gasteiger partial charge on any atom is 0.586 e. The number of nitrogens with one attached hydrogen (secondary N) is 2. The van der Waals surface area contributed by atoms with E-state index in [1.165, 1.54) is 17.5 Å². The van der Waals surface area contributed by atoms with Crippen LogP contribution in [0.15, 0.2) is 53.9 Å². The Hall–Kier alpha value is -4.59. The summed E-state index contributed by atoms with van der Waals surface area (Å²) in [5.41, 5.74) is 0.383. The van der Waals surface area contributed by atoms with Gasteiger partial charge in [0.1, 0.15) is 12.1 Å². The lowest BCUT2D eigenvalue weighted by Gasteiger charge is -2.24. The van der Waals surface area contributed by atoms with Crippen LogP contribution in [0.5, 0.6) is 11.5 Å². The number of carbonyl (C=O) groups is 4. The molecule has 190 valence electrons. The fraction of sp³-hybridized carbons (Fsp3) is 0.174. The molecule has 0 saturated carbocycles. The number of ether oxygens (including phenoxy) is 2. The molecule has 14 heteroatoms. The molecule has 4 amide bonds. The maximum atomic E-state index is 13.4. The topological polar surface area (TPSA) is 150 Å². The smallest absolute Gasteiger partial charge is 0.543 e. The van der Waals surface area contributed by atoms with E-state index in [-0.39, 0.29) is 34.3 Å². The molecule has 0 aliphatic carbocycles. The van der Waals surface area contributed by atoms with Crippen LogP contribution in [0.3, 0.4) is 0 Å². The third-order valence-corrected chi connectivity index (χ3v) is 6.32. The van der Waals surface area contributed by atoms with Gasteiger partial charge >= 0.3 is 12.3 Å². The van der Waals surface area contributed by atoms with Crippen LogP contribution in [-0.2, 0) is 16.0 Å². The van der Waals surface area contributed by atoms with Gasteiger partial charge in [-0.25, -0.2) is 14.7 Å². The molecule has 0 radical (unpaired) electrons. The zero-order chi connectivity index (χ0) is 26.3. The molecule has 1 aromatic heterocycles. The number of fused-ring (bicyclic) bond motifs is 1. The van der Waals surface area contributed by atoms with E-state index in [1.807, 2.05) is 0 Å². The molecule has 3 heterocycles. The molecule has 1 unspecified atom stereocenters. The number of hydrogen-bond donors (Lipinski definition) is 2. The highest BCUT2D eigenvalue weighted by Crippen LogP contribution is 2.42. The SMILES string of the molecule is O=C([O-])c1csc(NC(=O)[C@H](Cc2ccccc2)N2C(=O)NC(c3ccc4c(c3)OC(F)(F)O4)C2=O)n1. The van der Waals surface area contributed by atoms with Crippen molar-refractivity contribution in [3.05, 3.63) is 70.7 Å². The van der Waals surface area contributed by atoms with Crippen molar-refractivity contribution in [3.8, 4) is 11.5 Å². The van der Waals surface area contributed by atoms with E-state index in [2.05, 4.69) is 25.1 Å². The summed E-state index contributed by atoms with van der Waals surface area (Å²) in [7, 11) is 0. The number of hydrogen-bond acceptors (Lipinski definition) is 9. The molecule has 2 aliphatic rings. The van der Waals surface area contributed by atoms with Gasteiger partial charge in [0.25, 0.3) is 5.91 Å². The third kappa shape index (κ3) is 4.78. The molecule has 0 spiro atoms. The minimum absolute atomic E-state index is 0.0648. The lowest BCUT2D eigenvalue weighted by Crippen LogP contribution is -2.49. The van der Waals surface area contributed by atoms with Gasteiger partial charge < -0.3 is 30.0 Å². The Morgan fingerprint density at radius 3 is 2.59 bits per heavy atom. The number of urea groups is 1. The lowest BCUT2D eigenvalue weighted by molar-refractivity contribution is -0.286. The van der Waals surface area contributed by atoms with Gasteiger partial charge in [-0.05, 0) is 23.3 Å². The Kier molecular flexibility index (Phi) is 5.95. The molecule has 0 bridgehead atoms. The van der Waals surface area contributed by atoms with Crippen molar-refractivity contribution in [2.45, 2.75) is 24.8 Å². The van der Waals surface area contributed by atoms with Crippen LogP contribution in [0, 0.1) is 0 Å². The summed E-state index contributed by atoms with van der Waals surface area (Å²) < 4.78 is 35.6. The fourth-order valence-corrected chi connectivity index (χ4v) is 4.60. The maximum absolute atomic E-state index is 13.4. The standard InChI is InChI=1S/C23H16F2N4O7S/c24-23(25)35-15-7-6-12(9-16(15)36-23)17-19(31)29(22(34)27-17)14(8-11-4-2-1-3-5-11)18(30)28-21-26-13(10-37-21)20(32)33/h1-7,9-10,14,17H,8H2,(H,27,34)(H,32,33)(H,26,28,30)/p-1/t14-,17?/m0/s1. The summed E-state index contributed by atoms with van der Waals surface area (Å²) in [4.78, 5) is 55.0. The van der Waals surface area contributed by atoms with Gasteiger partial charge in [-0.15, -0.1) is 20.1 Å². The van der Waals surface area contributed by atoms with Crippen LogP contribution in [-0.4, -0.2) is 46.0 Å². The van der Waals surface area contributed by atoms with Crippen molar-refractivity contribution < 1.29 is 42.5 Å². The molecule has 37 heavy (non-hydrogen) atoms. The van der Waals surface area contributed by atoms with E-state index >= 15 is 0 Å². The zero-order valence-electron chi connectivity index (χ0n) is 18.5. The van der Waals surface area contributed by atoms with Gasteiger partial charge in [0.2, 0.25) is 5.91 Å². The Morgan fingerprint density at radius 1 is 1.16 bits per heavy atom. The summed E-state index contributed by atoms with van der Waals surface area (Å²) in [5, 5.41) is 17.0. The molecule has 11 nitrogen and oxygen atoms in total. The minimum atomic E-state index is -3.86. The average molecular weight is 529 g/mol. The van der Waals surface area contributed by atoms with Crippen LogP contribution < -0.4 is 25.2 Å². The van der Waals surface area contributed by atoms with Crippen molar-refractivity contribution >= 4 is 40.3 Å². The molecule has 2 aliphatic heterocycles. The largest absolute Gasteiger partial charge is 0.586 e. The van der Waals surface area contributed by atoms with E-state index in [1.54, 1.807) is 30.3 Å². The number of anilines is 1. The molecule has 2 N–H and O–H groups in total. The predicted molar refractivity (Wildman–Crippen MR) is 120 cm³/mol. The highest BCUT2D eigenvalue weighted by Gasteiger charge is 2.47. The molecule has 5 rings (SSSR count). The van der Waals surface area contributed by atoms with Crippen molar-refractivity contribution in [3.63, 3.8) is 0 Å². The molecular formula is C23H15F2N4O7S-. The van der Waals surface area contributed by atoms with E-state index in [0.29, 0.717) is 5.56 Å². The summed E-state index contributed by atoms with van der Waals surface area (Å²) in [6.07, 6.45) is -3.92. The number of benzene rings is 2. The number of thiazole rings is 1.